The number of carbonyl (C=O) groups is 1. The number of nitrogens with one attached hydrogen (secondary N) is 1. The Kier molecular flexibility index (Phi) is 4.80. The predicted molar refractivity (Wildman–Crippen MR) is 115 cm³/mol. The number of hydrogen-bond donors (Lipinski definition) is 1. The van der Waals surface area contributed by atoms with Gasteiger partial charge in [0, 0.05) is 41.5 Å². The summed E-state index contributed by atoms with van der Waals surface area (Å²) in [5, 5.41) is 3.70. The first-order valence-corrected chi connectivity index (χ1v) is 11.3. The van der Waals surface area contributed by atoms with E-state index in [0.29, 0.717) is 17.9 Å². The lowest BCUT2D eigenvalue weighted by Gasteiger charge is -2.45. The summed E-state index contributed by atoms with van der Waals surface area (Å²) in [6, 6.07) is 18.0. The van der Waals surface area contributed by atoms with E-state index in [1.165, 1.54) is 27.6 Å². The van der Waals surface area contributed by atoms with E-state index in [1.807, 2.05) is 0 Å². The molecular formula is C24H27BrN2O. The molecule has 3 nitrogen and oxygen atoms in total. The first-order valence-electron chi connectivity index (χ1n) is 10.5. The Morgan fingerprint density at radius 3 is 2.86 bits per heavy atom. The number of hydrogen-bond acceptors (Lipinski definition) is 2. The summed E-state index contributed by atoms with van der Waals surface area (Å²) >= 11 is 3.64. The first-order chi connectivity index (χ1) is 13.7. The van der Waals surface area contributed by atoms with Crippen LogP contribution < -0.4 is 5.32 Å². The minimum absolute atomic E-state index is 0.167. The van der Waals surface area contributed by atoms with Gasteiger partial charge in [-0.3, -0.25) is 4.79 Å². The Hall–Kier alpha value is -1.65. The van der Waals surface area contributed by atoms with Gasteiger partial charge in [0.1, 0.15) is 0 Å². The molecule has 2 aromatic carbocycles. The molecule has 0 aromatic heterocycles. The lowest BCUT2D eigenvalue weighted by atomic mass is 9.67. The molecule has 1 N–H and O–H groups in total. The summed E-state index contributed by atoms with van der Waals surface area (Å²) in [5.41, 5.74) is 4.59. The zero-order chi connectivity index (χ0) is 19.1. The second-order valence-corrected chi connectivity index (χ2v) is 9.65. The third-order valence-electron chi connectivity index (χ3n) is 7.52. The van der Waals surface area contributed by atoms with Crippen LogP contribution in [0.15, 0.2) is 53.0 Å². The van der Waals surface area contributed by atoms with Crippen molar-refractivity contribution in [3.63, 3.8) is 0 Å². The molecule has 2 saturated heterocycles. The molecule has 2 unspecified atom stereocenters. The topological polar surface area (TPSA) is 32.3 Å². The van der Waals surface area contributed by atoms with Crippen LogP contribution in [0.3, 0.4) is 0 Å². The molecule has 5 rings (SSSR count). The maximum Gasteiger partial charge on any atom is 0.209 e. The molecule has 1 amide bonds. The second-order valence-electron chi connectivity index (χ2n) is 8.74. The second kappa shape index (κ2) is 7.31. The highest BCUT2D eigenvalue weighted by Gasteiger charge is 2.52. The normalized spacial score (nSPS) is 31.9. The van der Waals surface area contributed by atoms with Crippen LogP contribution in [0.25, 0.3) is 0 Å². The van der Waals surface area contributed by atoms with Crippen LogP contribution >= 0.6 is 15.9 Å². The van der Waals surface area contributed by atoms with Gasteiger partial charge in [0.15, 0.2) is 0 Å². The predicted octanol–water partition coefficient (Wildman–Crippen LogP) is 4.26. The number of halogens is 1. The van der Waals surface area contributed by atoms with Gasteiger partial charge in [-0.25, -0.2) is 0 Å². The van der Waals surface area contributed by atoms with E-state index in [1.54, 1.807) is 0 Å². The summed E-state index contributed by atoms with van der Waals surface area (Å²) in [6.45, 7) is 2.91. The Labute approximate surface area is 175 Å². The molecule has 4 heteroatoms. The molecule has 1 aliphatic carbocycles. The molecule has 4 atom stereocenters. The molecule has 146 valence electrons. The number of piperidine rings is 1. The molecule has 1 spiro atoms. The van der Waals surface area contributed by atoms with Gasteiger partial charge in [-0.1, -0.05) is 52.3 Å². The number of aryl methyl sites for hydroxylation is 1. The van der Waals surface area contributed by atoms with Crippen molar-refractivity contribution in [2.45, 2.75) is 43.1 Å². The summed E-state index contributed by atoms with van der Waals surface area (Å²) in [6.07, 6.45) is 5.58. The van der Waals surface area contributed by atoms with Gasteiger partial charge in [0.05, 0.1) is 0 Å². The van der Waals surface area contributed by atoms with E-state index in [0.717, 1.165) is 45.3 Å². The van der Waals surface area contributed by atoms with E-state index in [-0.39, 0.29) is 5.41 Å². The summed E-state index contributed by atoms with van der Waals surface area (Å²) < 4.78 is 1.17. The highest BCUT2D eigenvalue weighted by molar-refractivity contribution is 9.10. The molecule has 28 heavy (non-hydrogen) atoms. The van der Waals surface area contributed by atoms with Gasteiger partial charge < -0.3 is 10.2 Å². The van der Waals surface area contributed by atoms with Crippen LogP contribution in [0.2, 0.25) is 0 Å². The van der Waals surface area contributed by atoms with Crippen molar-refractivity contribution in [3.05, 3.63) is 69.7 Å². The molecule has 3 aliphatic rings. The molecule has 0 bridgehead atoms. The maximum absolute atomic E-state index is 12.0. The fourth-order valence-corrected chi connectivity index (χ4v) is 6.58. The molecular weight excluding hydrogens is 412 g/mol. The summed E-state index contributed by atoms with van der Waals surface area (Å²) in [7, 11) is 0. The van der Waals surface area contributed by atoms with Gasteiger partial charge in [-0.05, 0) is 60.4 Å². The van der Waals surface area contributed by atoms with Gasteiger partial charge in [-0.2, -0.15) is 0 Å². The number of amides is 1. The maximum atomic E-state index is 12.0. The zero-order valence-corrected chi connectivity index (χ0v) is 17.7. The van der Waals surface area contributed by atoms with Crippen molar-refractivity contribution >= 4 is 22.3 Å². The van der Waals surface area contributed by atoms with Crippen LogP contribution in [-0.2, 0) is 16.6 Å². The fraction of sp³-hybridized carbons (Fsp3) is 0.458. The minimum Gasteiger partial charge on any atom is -0.342 e. The third-order valence-corrected chi connectivity index (χ3v) is 8.01. The molecule has 0 saturated carbocycles. The Morgan fingerprint density at radius 2 is 2.04 bits per heavy atom. The lowest BCUT2D eigenvalue weighted by Crippen LogP contribution is -2.51. The molecule has 2 fully saturated rings. The van der Waals surface area contributed by atoms with Gasteiger partial charge in [-0.15, -0.1) is 0 Å². The van der Waals surface area contributed by atoms with Crippen LogP contribution in [0.4, 0.5) is 0 Å². The van der Waals surface area contributed by atoms with Crippen molar-refractivity contribution in [2.75, 3.05) is 19.6 Å². The number of benzene rings is 2. The standard InChI is InChI=1S/C24H27BrN2O/c25-20-6-7-21-19(12-20)8-10-24(21)15-26-14-22(24)23-13-18(9-11-27(23)16-28)17-4-2-1-3-5-17/h1-7,12,16,18,22-23,26H,8-11,13-15H2/t18?,22-,23?,24-/m0/s1. The Morgan fingerprint density at radius 1 is 1.18 bits per heavy atom. The molecule has 2 aliphatic heterocycles. The van der Waals surface area contributed by atoms with Crippen LogP contribution in [0.5, 0.6) is 0 Å². The number of fused-ring (bicyclic) bond motifs is 2. The quantitative estimate of drug-likeness (QED) is 0.726. The molecule has 2 aromatic rings. The zero-order valence-electron chi connectivity index (χ0n) is 16.1. The van der Waals surface area contributed by atoms with E-state index >= 15 is 0 Å². The first kappa shape index (κ1) is 18.4. The summed E-state index contributed by atoms with van der Waals surface area (Å²) in [4.78, 5) is 14.1. The van der Waals surface area contributed by atoms with Crippen LogP contribution in [0.1, 0.15) is 41.9 Å². The number of nitrogens with zero attached hydrogens (tertiary/aromatic N) is 1. The SMILES string of the molecule is O=CN1CCC(c2ccccc2)CC1[C@@H]1CNC[C@]12CCc1cc(Br)ccc12. The average molecular weight is 439 g/mol. The van der Waals surface area contributed by atoms with Crippen molar-refractivity contribution < 1.29 is 4.79 Å². The van der Waals surface area contributed by atoms with Crippen LogP contribution in [0, 0.1) is 5.92 Å². The fourth-order valence-electron chi connectivity index (χ4n) is 6.17. The van der Waals surface area contributed by atoms with Crippen molar-refractivity contribution in [1.82, 2.24) is 10.2 Å². The van der Waals surface area contributed by atoms with Gasteiger partial charge in [0.25, 0.3) is 0 Å². The van der Waals surface area contributed by atoms with Gasteiger partial charge in [0.2, 0.25) is 6.41 Å². The number of likely N-dealkylation sites (tertiary alicyclic amines) is 1. The average Bonchev–Trinajstić information content (AvgIpc) is 3.32. The van der Waals surface area contributed by atoms with E-state index in [2.05, 4.69) is 74.7 Å². The van der Waals surface area contributed by atoms with Crippen LogP contribution in [-0.4, -0.2) is 37.0 Å². The van der Waals surface area contributed by atoms with E-state index in [9.17, 15) is 4.79 Å². The monoisotopic (exact) mass is 438 g/mol. The van der Waals surface area contributed by atoms with E-state index in [4.69, 9.17) is 0 Å². The summed E-state index contributed by atoms with van der Waals surface area (Å²) in [5.74, 6) is 1.03. The smallest absolute Gasteiger partial charge is 0.209 e. The minimum atomic E-state index is 0.167. The Balaban J connectivity index is 1.49. The van der Waals surface area contributed by atoms with Gasteiger partial charge >= 0.3 is 0 Å². The molecule has 0 radical (unpaired) electrons. The Bertz CT molecular complexity index is 870. The van der Waals surface area contributed by atoms with Crippen molar-refractivity contribution in [2.24, 2.45) is 5.92 Å². The number of rotatable bonds is 3. The highest BCUT2D eigenvalue weighted by Crippen LogP contribution is 2.50. The van der Waals surface area contributed by atoms with Crippen molar-refractivity contribution in [3.8, 4) is 0 Å². The largest absolute Gasteiger partial charge is 0.342 e. The number of carbonyl (C=O) groups excluding carboxylic acids is 1. The lowest BCUT2D eigenvalue weighted by molar-refractivity contribution is -0.123. The molecule has 2 heterocycles. The van der Waals surface area contributed by atoms with E-state index < -0.39 is 0 Å². The third kappa shape index (κ3) is 2.93. The van der Waals surface area contributed by atoms with Crippen molar-refractivity contribution in [1.29, 1.82) is 0 Å². The highest BCUT2D eigenvalue weighted by atomic mass is 79.9.